The predicted molar refractivity (Wildman–Crippen MR) is 68.3 cm³/mol. The third kappa shape index (κ3) is 2.85. The number of ether oxygens (including phenoxy) is 1. The van der Waals surface area contributed by atoms with Crippen LogP contribution in [0.4, 0.5) is 4.79 Å². The summed E-state index contributed by atoms with van der Waals surface area (Å²) in [6, 6.07) is 0. The molecule has 0 aromatic rings. The molecule has 0 spiro atoms. The molecule has 2 fully saturated rings. The van der Waals surface area contributed by atoms with Gasteiger partial charge in [-0.15, -0.1) is 0 Å². The number of carbonyl (C=O) groups excluding carboxylic acids is 2. The summed E-state index contributed by atoms with van der Waals surface area (Å²) < 4.78 is 5.41. The first-order chi connectivity index (χ1) is 8.36. The second kappa shape index (κ2) is 4.56. The topological polar surface area (TPSA) is 46.6 Å². The molecule has 2 rings (SSSR count). The molecule has 1 aliphatic heterocycles. The first-order valence-electron chi connectivity index (χ1n) is 6.83. The molecule has 1 atom stereocenters. The lowest BCUT2D eigenvalue weighted by molar-refractivity contribution is -0.117. The van der Waals surface area contributed by atoms with Gasteiger partial charge in [0.15, 0.2) is 0 Å². The Morgan fingerprint density at radius 3 is 2.61 bits per heavy atom. The largest absolute Gasteiger partial charge is 0.444 e. The van der Waals surface area contributed by atoms with Crippen LogP contribution in [0.25, 0.3) is 0 Å². The van der Waals surface area contributed by atoms with Gasteiger partial charge in [0.1, 0.15) is 17.4 Å². The van der Waals surface area contributed by atoms with E-state index in [4.69, 9.17) is 4.74 Å². The van der Waals surface area contributed by atoms with Crippen molar-refractivity contribution < 1.29 is 14.3 Å². The zero-order valence-corrected chi connectivity index (χ0v) is 11.6. The van der Waals surface area contributed by atoms with E-state index < -0.39 is 11.1 Å². The fraction of sp³-hybridized carbons (Fsp3) is 0.857. The molecule has 0 aromatic carbocycles. The molecular formula is C14H23NO3. The van der Waals surface area contributed by atoms with Gasteiger partial charge in [0.05, 0.1) is 0 Å². The number of carbonyl (C=O) groups is 2. The van der Waals surface area contributed by atoms with Crippen molar-refractivity contribution in [2.45, 2.75) is 64.0 Å². The number of hydrogen-bond acceptors (Lipinski definition) is 3. The maximum atomic E-state index is 12.2. The summed E-state index contributed by atoms with van der Waals surface area (Å²) in [7, 11) is 0. The van der Waals surface area contributed by atoms with E-state index in [9.17, 15) is 9.59 Å². The Balaban J connectivity index is 2.09. The Bertz CT molecular complexity index is 343. The summed E-state index contributed by atoms with van der Waals surface area (Å²) in [5.41, 5.74) is -1.10. The number of rotatable bonds is 3. The van der Waals surface area contributed by atoms with Crippen LogP contribution < -0.4 is 0 Å². The molecule has 0 bridgehead atoms. The van der Waals surface area contributed by atoms with Crippen LogP contribution in [0.5, 0.6) is 0 Å². The average Bonchev–Trinajstić information content (AvgIpc) is 2.93. The van der Waals surface area contributed by atoms with E-state index in [0.717, 1.165) is 25.5 Å². The standard InChI is InChI=1S/C14H23NO3/c1-13(2,3)18-12(17)15-8-4-7-14(15,10-16)9-11-5-6-11/h10-11H,4-9H2,1-3H3. The molecule has 0 radical (unpaired) electrons. The highest BCUT2D eigenvalue weighted by Gasteiger charge is 2.48. The molecule has 1 saturated heterocycles. The van der Waals surface area contributed by atoms with E-state index in [1.165, 1.54) is 12.8 Å². The fourth-order valence-corrected chi connectivity index (χ4v) is 2.70. The second-order valence-corrected chi connectivity index (χ2v) is 6.60. The van der Waals surface area contributed by atoms with Crippen LogP contribution in [0, 0.1) is 5.92 Å². The molecule has 0 N–H and O–H groups in total. The van der Waals surface area contributed by atoms with Gasteiger partial charge in [0, 0.05) is 6.54 Å². The van der Waals surface area contributed by atoms with Gasteiger partial charge in [-0.2, -0.15) is 0 Å². The minimum atomic E-state index is -0.594. The number of amides is 1. The van der Waals surface area contributed by atoms with Gasteiger partial charge in [0.2, 0.25) is 0 Å². The van der Waals surface area contributed by atoms with Crippen molar-refractivity contribution in [3.8, 4) is 0 Å². The summed E-state index contributed by atoms with van der Waals surface area (Å²) in [5.74, 6) is 0.623. The van der Waals surface area contributed by atoms with Gasteiger partial charge in [-0.05, 0) is 46.0 Å². The van der Waals surface area contributed by atoms with Gasteiger partial charge in [-0.1, -0.05) is 12.8 Å². The van der Waals surface area contributed by atoms with Crippen LogP contribution in [0.3, 0.4) is 0 Å². The van der Waals surface area contributed by atoms with Crippen molar-refractivity contribution in [1.82, 2.24) is 4.90 Å². The van der Waals surface area contributed by atoms with Gasteiger partial charge in [0.25, 0.3) is 0 Å². The van der Waals surface area contributed by atoms with Crippen LogP contribution in [0.2, 0.25) is 0 Å². The zero-order chi connectivity index (χ0) is 13.4. The summed E-state index contributed by atoms with van der Waals surface area (Å²) in [4.78, 5) is 25.4. The van der Waals surface area contributed by atoms with E-state index >= 15 is 0 Å². The van der Waals surface area contributed by atoms with Crippen molar-refractivity contribution in [3.63, 3.8) is 0 Å². The zero-order valence-electron chi connectivity index (χ0n) is 11.6. The predicted octanol–water partition coefficient (Wildman–Crippen LogP) is 2.76. The lowest BCUT2D eigenvalue weighted by atomic mass is 9.91. The number of hydrogen-bond donors (Lipinski definition) is 0. The Morgan fingerprint density at radius 2 is 2.11 bits per heavy atom. The van der Waals surface area contributed by atoms with Crippen LogP contribution >= 0.6 is 0 Å². The van der Waals surface area contributed by atoms with Crippen LogP contribution in [0.15, 0.2) is 0 Å². The van der Waals surface area contributed by atoms with E-state index in [0.29, 0.717) is 12.5 Å². The minimum absolute atomic E-state index is 0.340. The van der Waals surface area contributed by atoms with E-state index in [2.05, 4.69) is 0 Å². The monoisotopic (exact) mass is 253 g/mol. The highest BCUT2D eigenvalue weighted by Crippen LogP contribution is 2.42. The highest BCUT2D eigenvalue weighted by molar-refractivity contribution is 5.77. The molecule has 1 aliphatic carbocycles. The molecule has 102 valence electrons. The van der Waals surface area contributed by atoms with E-state index in [1.54, 1.807) is 4.90 Å². The maximum absolute atomic E-state index is 12.2. The molecule has 1 heterocycles. The van der Waals surface area contributed by atoms with Crippen molar-refractivity contribution >= 4 is 12.4 Å². The van der Waals surface area contributed by atoms with Gasteiger partial charge >= 0.3 is 6.09 Å². The first-order valence-corrected chi connectivity index (χ1v) is 6.83. The molecule has 18 heavy (non-hydrogen) atoms. The average molecular weight is 253 g/mol. The number of aldehydes is 1. The SMILES string of the molecule is CC(C)(C)OC(=O)N1CCCC1(C=O)CC1CC1. The maximum Gasteiger partial charge on any atom is 0.411 e. The summed E-state index contributed by atoms with van der Waals surface area (Å²) in [6.07, 6.45) is 5.51. The smallest absolute Gasteiger partial charge is 0.411 e. The van der Waals surface area contributed by atoms with E-state index in [-0.39, 0.29) is 6.09 Å². The lowest BCUT2D eigenvalue weighted by Gasteiger charge is -2.35. The summed E-state index contributed by atoms with van der Waals surface area (Å²) >= 11 is 0. The Labute approximate surface area is 109 Å². The third-order valence-electron chi connectivity index (χ3n) is 3.70. The number of nitrogens with zero attached hydrogens (tertiary/aromatic N) is 1. The third-order valence-corrected chi connectivity index (χ3v) is 3.70. The molecule has 1 amide bonds. The first kappa shape index (κ1) is 13.4. The van der Waals surface area contributed by atoms with Gasteiger partial charge < -0.3 is 9.53 Å². The fourth-order valence-electron chi connectivity index (χ4n) is 2.70. The van der Waals surface area contributed by atoms with Crippen LogP contribution in [0.1, 0.15) is 52.9 Å². The quantitative estimate of drug-likeness (QED) is 0.727. The highest BCUT2D eigenvalue weighted by atomic mass is 16.6. The number of likely N-dealkylation sites (tertiary alicyclic amines) is 1. The van der Waals surface area contributed by atoms with Crippen molar-refractivity contribution in [2.75, 3.05) is 6.54 Å². The second-order valence-electron chi connectivity index (χ2n) is 6.60. The summed E-state index contributed by atoms with van der Waals surface area (Å²) in [6.45, 7) is 6.19. The van der Waals surface area contributed by atoms with Crippen LogP contribution in [-0.4, -0.2) is 35.0 Å². The molecule has 4 heteroatoms. The normalized spacial score (nSPS) is 28.3. The van der Waals surface area contributed by atoms with Crippen molar-refractivity contribution in [2.24, 2.45) is 5.92 Å². The van der Waals surface area contributed by atoms with Crippen molar-refractivity contribution in [3.05, 3.63) is 0 Å². The molecule has 0 aromatic heterocycles. The Morgan fingerprint density at radius 1 is 1.44 bits per heavy atom. The molecule has 2 aliphatic rings. The Kier molecular flexibility index (Phi) is 3.39. The summed E-state index contributed by atoms with van der Waals surface area (Å²) in [5, 5.41) is 0. The Hall–Kier alpha value is -1.06. The molecular weight excluding hydrogens is 230 g/mol. The van der Waals surface area contributed by atoms with Gasteiger partial charge in [-0.3, -0.25) is 4.90 Å². The van der Waals surface area contributed by atoms with E-state index in [1.807, 2.05) is 20.8 Å². The van der Waals surface area contributed by atoms with Gasteiger partial charge in [-0.25, -0.2) is 4.79 Å². The lowest BCUT2D eigenvalue weighted by Crippen LogP contribution is -2.50. The minimum Gasteiger partial charge on any atom is -0.444 e. The molecule has 4 nitrogen and oxygen atoms in total. The molecule has 1 saturated carbocycles. The van der Waals surface area contributed by atoms with Crippen LogP contribution in [-0.2, 0) is 9.53 Å². The molecule has 1 unspecified atom stereocenters. The van der Waals surface area contributed by atoms with Crippen molar-refractivity contribution in [1.29, 1.82) is 0 Å².